The number of rotatable bonds is 7. The lowest BCUT2D eigenvalue weighted by Gasteiger charge is -2.18. The van der Waals surface area contributed by atoms with Crippen LogP contribution in [-0.2, 0) is 11.3 Å². The summed E-state index contributed by atoms with van der Waals surface area (Å²) in [6, 6.07) is 13.7. The van der Waals surface area contributed by atoms with Crippen LogP contribution in [0.25, 0.3) is 11.4 Å². The standard InChI is InChI=1S/C22H25N3O3/c1-5-18(27-19-11-7-9-15(3)16(19)4)22(26)23-13-20-24-21(25-28-20)17-10-6-8-14(2)12-17/h6-12,18H,5,13H2,1-4H3,(H,23,26)/t18-/m0/s1. The van der Waals surface area contributed by atoms with Gasteiger partial charge in [0.15, 0.2) is 6.10 Å². The molecule has 28 heavy (non-hydrogen) atoms. The Morgan fingerprint density at radius 2 is 1.96 bits per heavy atom. The highest BCUT2D eigenvalue weighted by Crippen LogP contribution is 2.22. The molecular formula is C22H25N3O3. The Morgan fingerprint density at radius 1 is 1.18 bits per heavy atom. The zero-order valence-corrected chi connectivity index (χ0v) is 16.7. The maximum absolute atomic E-state index is 12.5. The van der Waals surface area contributed by atoms with Crippen molar-refractivity contribution in [2.75, 3.05) is 0 Å². The van der Waals surface area contributed by atoms with Crippen molar-refractivity contribution in [2.45, 2.75) is 46.8 Å². The topological polar surface area (TPSA) is 77.2 Å². The minimum Gasteiger partial charge on any atom is -0.480 e. The normalized spacial score (nSPS) is 11.9. The second-order valence-corrected chi connectivity index (χ2v) is 6.81. The van der Waals surface area contributed by atoms with Gasteiger partial charge in [-0.1, -0.05) is 48.0 Å². The Bertz CT molecular complexity index is 965. The van der Waals surface area contributed by atoms with Gasteiger partial charge in [0.1, 0.15) is 5.75 Å². The molecule has 0 unspecified atom stereocenters. The molecular weight excluding hydrogens is 354 g/mol. The fraction of sp³-hybridized carbons (Fsp3) is 0.318. The Hall–Kier alpha value is -3.15. The summed E-state index contributed by atoms with van der Waals surface area (Å²) >= 11 is 0. The molecule has 1 atom stereocenters. The summed E-state index contributed by atoms with van der Waals surface area (Å²) in [6.45, 7) is 8.08. The fourth-order valence-corrected chi connectivity index (χ4v) is 2.83. The van der Waals surface area contributed by atoms with Crippen molar-refractivity contribution in [1.29, 1.82) is 0 Å². The molecule has 0 saturated heterocycles. The molecule has 0 saturated carbocycles. The van der Waals surface area contributed by atoms with Gasteiger partial charge in [0.05, 0.1) is 6.54 Å². The van der Waals surface area contributed by atoms with Gasteiger partial charge in [-0.05, 0) is 50.5 Å². The number of aromatic nitrogens is 2. The summed E-state index contributed by atoms with van der Waals surface area (Å²) in [5.74, 6) is 1.37. The van der Waals surface area contributed by atoms with Crippen LogP contribution in [0.1, 0.15) is 35.9 Å². The summed E-state index contributed by atoms with van der Waals surface area (Å²) in [5.41, 5.74) is 4.16. The minimum atomic E-state index is -0.584. The van der Waals surface area contributed by atoms with Crippen LogP contribution in [0.3, 0.4) is 0 Å². The van der Waals surface area contributed by atoms with Crippen LogP contribution in [0.2, 0.25) is 0 Å². The molecule has 1 heterocycles. The van der Waals surface area contributed by atoms with Crippen molar-refractivity contribution in [1.82, 2.24) is 15.5 Å². The van der Waals surface area contributed by atoms with E-state index < -0.39 is 6.10 Å². The van der Waals surface area contributed by atoms with Crippen LogP contribution < -0.4 is 10.1 Å². The van der Waals surface area contributed by atoms with Crippen molar-refractivity contribution in [3.63, 3.8) is 0 Å². The highest BCUT2D eigenvalue weighted by atomic mass is 16.5. The molecule has 0 aliphatic rings. The lowest BCUT2D eigenvalue weighted by atomic mass is 10.1. The molecule has 3 rings (SSSR count). The first kappa shape index (κ1) is 19.6. The second-order valence-electron chi connectivity index (χ2n) is 6.81. The minimum absolute atomic E-state index is 0.157. The molecule has 1 N–H and O–H groups in total. The first-order valence-corrected chi connectivity index (χ1v) is 9.38. The van der Waals surface area contributed by atoms with Gasteiger partial charge in [-0.2, -0.15) is 4.98 Å². The van der Waals surface area contributed by atoms with Crippen molar-refractivity contribution in [2.24, 2.45) is 0 Å². The fourth-order valence-electron chi connectivity index (χ4n) is 2.83. The number of carbonyl (C=O) groups is 1. The molecule has 0 aliphatic carbocycles. The summed E-state index contributed by atoms with van der Waals surface area (Å²) in [5, 5.41) is 6.81. The molecule has 2 aromatic carbocycles. The second kappa shape index (κ2) is 8.69. The number of hydrogen-bond acceptors (Lipinski definition) is 5. The van der Waals surface area contributed by atoms with E-state index in [1.807, 2.05) is 70.2 Å². The molecule has 3 aromatic rings. The molecule has 0 fully saturated rings. The number of aryl methyl sites for hydroxylation is 2. The molecule has 0 radical (unpaired) electrons. The lowest BCUT2D eigenvalue weighted by Crippen LogP contribution is -2.37. The van der Waals surface area contributed by atoms with E-state index >= 15 is 0 Å². The molecule has 6 nitrogen and oxygen atoms in total. The predicted octanol–water partition coefficient (Wildman–Crippen LogP) is 4.14. The summed E-state index contributed by atoms with van der Waals surface area (Å²) in [6.07, 6.45) is -0.0305. The molecule has 1 amide bonds. The summed E-state index contributed by atoms with van der Waals surface area (Å²) in [4.78, 5) is 16.9. The number of amides is 1. The van der Waals surface area contributed by atoms with Crippen LogP contribution in [0.4, 0.5) is 0 Å². The largest absolute Gasteiger partial charge is 0.480 e. The zero-order valence-electron chi connectivity index (χ0n) is 16.7. The van der Waals surface area contributed by atoms with E-state index in [1.54, 1.807) is 0 Å². The Labute approximate surface area is 164 Å². The van der Waals surface area contributed by atoms with E-state index in [0.717, 1.165) is 28.0 Å². The quantitative estimate of drug-likeness (QED) is 0.668. The van der Waals surface area contributed by atoms with E-state index in [2.05, 4.69) is 15.5 Å². The van der Waals surface area contributed by atoms with E-state index in [-0.39, 0.29) is 12.5 Å². The van der Waals surface area contributed by atoms with Crippen molar-refractivity contribution < 1.29 is 14.1 Å². The zero-order chi connectivity index (χ0) is 20.1. The van der Waals surface area contributed by atoms with Crippen molar-refractivity contribution in [3.05, 3.63) is 65.0 Å². The van der Waals surface area contributed by atoms with Gasteiger partial charge in [-0.25, -0.2) is 0 Å². The van der Waals surface area contributed by atoms with E-state index in [9.17, 15) is 4.79 Å². The van der Waals surface area contributed by atoms with E-state index in [1.165, 1.54) is 0 Å². The number of benzene rings is 2. The Balaban J connectivity index is 1.62. The first-order valence-electron chi connectivity index (χ1n) is 9.38. The van der Waals surface area contributed by atoms with E-state index in [0.29, 0.717) is 18.1 Å². The van der Waals surface area contributed by atoms with Gasteiger partial charge in [0.25, 0.3) is 5.91 Å². The number of nitrogens with zero attached hydrogens (tertiary/aromatic N) is 2. The molecule has 1 aromatic heterocycles. The van der Waals surface area contributed by atoms with Gasteiger partial charge in [0.2, 0.25) is 11.7 Å². The number of nitrogens with one attached hydrogen (secondary N) is 1. The Morgan fingerprint density at radius 3 is 2.71 bits per heavy atom. The third-order valence-corrected chi connectivity index (χ3v) is 4.65. The van der Waals surface area contributed by atoms with Crippen LogP contribution in [0.5, 0.6) is 5.75 Å². The Kier molecular flexibility index (Phi) is 6.09. The monoisotopic (exact) mass is 379 g/mol. The third kappa shape index (κ3) is 4.57. The van der Waals surface area contributed by atoms with Crippen molar-refractivity contribution in [3.8, 4) is 17.1 Å². The van der Waals surface area contributed by atoms with Crippen LogP contribution >= 0.6 is 0 Å². The third-order valence-electron chi connectivity index (χ3n) is 4.65. The van der Waals surface area contributed by atoms with Crippen LogP contribution in [0.15, 0.2) is 47.0 Å². The van der Waals surface area contributed by atoms with Gasteiger partial charge < -0.3 is 14.6 Å². The highest BCUT2D eigenvalue weighted by Gasteiger charge is 2.20. The van der Waals surface area contributed by atoms with Crippen molar-refractivity contribution >= 4 is 5.91 Å². The van der Waals surface area contributed by atoms with Crippen LogP contribution in [-0.4, -0.2) is 22.2 Å². The highest BCUT2D eigenvalue weighted by molar-refractivity contribution is 5.81. The summed E-state index contributed by atoms with van der Waals surface area (Å²) < 4.78 is 11.2. The number of carbonyl (C=O) groups excluding carboxylic acids is 1. The molecule has 0 aliphatic heterocycles. The average molecular weight is 379 g/mol. The predicted molar refractivity (Wildman–Crippen MR) is 107 cm³/mol. The number of ether oxygens (including phenoxy) is 1. The summed E-state index contributed by atoms with van der Waals surface area (Å²) in [7, 11) is 0. The average Bonchev–Trinajstić information content (AvgIpc) is 3.16. The smallest absolute Gasteiger partial charge is 0.261 e. The van der Waals surface area contributed by atoms with Crippen LogP contribution in [0, 0.1) is 20.8 Å². The lowest BCUT2D eigenvalue weighted by molar-refractivity contribution is -0.128. The first-order chi connectivity index (χ1) is 13.5. The van der Waals surface area contributed by atoms with Gasteiger partial charge in [0, 0.05) is 5.56 Å². The molecule has 0 bridgehead atoms. The van der Waals surface area contributed by atoms with Gasteiger partial charge in [-0.3, -0.25) is 4.79 Å². The number of hydrogen-bond donors (Lipinski definition) is 1. The maximum Gasteiger partial charge on any atom is 0.261 e. The maximum atomic E-state index is 12.5. The van der Waals surface area contributed by atoms with Gasteiger partial charge in [-0.15, -0.1) is 0 Å². The molecule has 0 spiro atoms. The molecule has 146 valence electrons. The molecule has 6 heteroatoms. The van der Waals surface area contributed by atoms with Gasteiger partial charge >= 0.3 is 0 Å². The van der Waals surface area contributed by atoms with E-state index in [4.69, 9.17) is 9.26 Å². The SMILES string of the molecule is CC[C@H](Oc1cccc(C)c1C)C(=O)NCc1nc(-c2cccc(C)c2)no1.